The number of rotatable bonds is 3. The van der Waals surface area contributed by atoms with Gasteiger partial charge in [0.1, 0.15) is 21.5 Å². The topological polar surface area (TPSA) is 55.7 Å². The molecule has 0 spiro atoms. The summed E-state index contributed by atoms with van der Waals surface area (Å²) in [5.74, 6) is 0. The molecule has 2 heterocycles. The van der Waals surface area contributed by atoms with E-state index in [0.717, 1.165) is 4.47 Å². The predicted molar refractivity (Wildman–Crippen MR) is 68.5 cm³/mol. The van der Waals surface area contributed by atoms with E-state index in [1.165, 1.54) is 18.1 Å². The minimum absolute atomic E-state index is 0.143. The zero-order chi connectivity index (χ0) is 12.3. The number of carbonyl (C=O) groups is 1. The van der Waals surface area contributed by atoms with E-state index in [0.29, 0.717) is 16.3 Å². The van der Waals surface area contributed by atoms with Crippen molar-refractivity contribution >= 4 is 45.6 Å². The van der Waals surface area contributed by atoms with Crippen molar-refractivity contribution in [2.75, 3.05) is 0 Å². The van der Waals surface area contributed by atoms with E-state index < -0.39 is 0 Å². The zero-order valence-electron chi connectivity index (χ0n) is 8.30. The van der Waals surface area contributed by atoms with E-state index in [9.17, 15) is 4.79 Å². The SMILES string of the molecule is O=Cc1c(Cl)ncnc1Sc1ncccc1Br. The van der Waals surface area contributed by atoms with Gasteiger partial charge in [0.25, 0.3) is 0 Å². The van der Waals surface area contributed by atoms with Crippen LogP contribution in [0.4, 0.5) is 0 Å². The van der Waals surface area contributed by atoms with Gasteiger partial charge in [-0.3, -0.25) is 4.79 Å². The largest absolute Gasteiger partial charge is 0.298 e. The Bertz CT molecular complexity index is 567. The highest BCUT2D eigenvalue weighted by Crippen LogP contribution is 2.32. The summed E-state index contributed by atoms with van der Waals surface area (Å²) in [7, 11) is 0. The lowest BCUT2D eigenvalue weighted by Crippen LogP contribution is -1.94. The lowest BCUT2D eigenvalue weighted by Gasteiger charge is -2.04. The Morgan fingerprint density at radius 2 is 2.12 bits per heavy atom. The molecule has 0 aliphatic heterocycles. The maximum atomic E-state index is 10.9. The van der Waals surface area contributed by atoms with Gasteiger partial charge in [-0.25, -0.2) is 15.0 Å². The van der Waals surface area contributed by atoms with Crippen molar-refractivity contribution in [1.82, 2.24) is 15.0 Å². The van der Waals surface area contributed by atoms with Crippen molar-refractivity contribution in [2.24, 2.45) is 0 Å². The first kappa shape index (κ1) is 12.5. The van der Waals surface area contributed by atoms with Crippen molar-refractivity contribution in [3.05, 3.63) is 39.8 Å². The molecule has 86 valence electrons. The molecule has 0 aliphatic rings. The van der Waals surface area contributed by atoms with Crippen molar-refractivity contribution in [3.8, 4) is 0 Å². The molecule has 0 fully saturated rings. The molecule has 0 atom stereocenters. The maximum Gasteiger partial charge on any atom is 0.155 e. The number of pyridine rings is 1. The molecule has 0 saturated heterocycles. The quantitative estimate of drug-likeness (QED) is 0.639. The summed E-state index contributed by atoms with van der Waals surface area (Å²) in [6.07, 6.45) is 3.62. The molecule has 7 heteroatoms. The van der Waals surface area contributed by atoms with E-state index in [1.807, 2.05) is 12.1 Å². The van der Waals surface area contributed by atoms with Crippen LogP contribution in [0.1, 0.15) is 10.4 Å². The first-order valence-electron chi connectivity index (χ1n) is 4.46. The Morgan fingerprint density at radius 3 is 2.82 bits per heavy atom. The summed E-state index contributed by atoms with van der Waals surface area (Å²) in [4.78, 5) is 22.9. The third-order valence-electron chi connectivity index (χ3n) is 1.83. The van der Waals surface area contributed by atoms with Gasteiger partial charge in [-0.05, 0) is 39.8 Å². The second-order valence-corrected chi connectivity index (χ2v) is 5.08. The molecule has 0 radical (unpaired) electrons. The molecular weight excluding hydrogens is 326 g/mol. The summed E-state index contributed by atoms with van der Waals surface area (Å²) >= 11 is 10.4. The molecule has 0 saturated carbocycles. The number of nitrogens with zero attached hydrogens (tertiary/aromatic N) is 3. The van der Waals surface area contributed by atoms with Gasteiger partial charge in [0.2, 0.25) is 0 Å². The van der Waals surface area contributed by atoms with Crippen LogP contribution in [0.3, 0.4) is 0 Å². The summed E-state index contributed by atoms with van der Waals surface area (Å²) in [5, 5.41) is 1.34. The first-order valence-corrected chi connectivity index (χ1v) is 6.45. The minimum atomic E-state index is 0.143. The Balaban J connectivity index is 2.40. The number of aldehydes is 1. The molecule has 0 amide bonds. The molecule has 2 aromatic heterocycles. The van der Waals surface area contributed by atoms with Crippen molar-refractivity contribution in [2.45, 2.75) is 10.1 Å². The molecule has 2 aromatic rings. The minimum Gasteiger partial charge on any atom is -0.298 e. The Kier molecular flexibility index (Phi) is 4.09. The van der Waals surface area contributed by atoms with Crippen molar-refractivity contribution in [3.63, 3.8) is 0 Å². The molecular formula is C10H5BrClN3OS. The summed E-state index contributed by atoms with van der Waals surface area (Å²) in [5.41, 5.74) is 0.275. The van der Waals surface area contributed by atoms with Gasteiger partial charge < -0.3 is 0 Å². The normalized spacial score (nSPS) is 10.2. The van der Waals surface area contributed by atoms with Crippen LogP contribution in [0.25, 0.3) is 0 Å². The van der Waals surface area contributed by atoms with Crippen LogP contribution in [0.2, 0.25) is 5.15 Å². The van der Waals surface area contributed by atoms with Gasteiger partial charge in [-0.15, -0.1) is 0 Å². The first-order chi connectivity index (χ1) is 8.22. The lowest BCUT2D eigenvalue weighted by molar-refractivity contribution is 0.112. The molecule has 0 aromatic carbocycles. The monoisotopic (exact) mass is 329 g/mol. The zero-order valence-corrected chi connectivity index (χ0v) is 11.5. The third-order valence-corrected chi connectivity index (χ3v) is 4.08. The second-order valence-electron chi connectivity index (χ2n) is 2.89. The van der Waals surface area contributed by atoms with Crippen LogP contribution in [-0.4, -0.2) is 21.2 Å². The predicted octanol–water partition coefficient (Wildman–Crippen LogP) is 3.25. The maximum absolute atomic E-state index is 10.9. The third kappa shape index (κ3) is 2.83. The highest BCUT2D eigenvalue weighted by molar-refractivity contribution is 9.10. The average Bonchev–Trinajstić information content (AvgIpc) is 2.32. The molecule has 0 bridgehead atoms. The number of aromatic nitrogens is 3. The van der Waals surface area contributed by atoms with Crippen LogP contribution in [0.15, 0.2) is 39.2 Å². The van der Waals surface area contributed by atoms with E-state index in [1.54, 1.807) is 6.20 Å². The lowest BCUT2D eigenvalue weighted by atomic mass is 10.4. The fraction of sp³-hybridized carbons (Fsp3) is 0. The average molecular weight is 331 g/mol. The molecule has 0 unspecified atom stereocenters. The summed E-state index contributed by atoms with van der Waals surface area (Å²) in [6.45, 7) is 0. The second kappa shape index (κ2) is 5.57. The summed E-state index contributed by atoms with van der Waals surface area (Å²) < 4.78 is 0.830. The fourth-order valence-electron chi connectivity index (χ4n) is 1.08. The van der Waals surface area contributed by atoms with E-state index in [-0.39, 0.29) is 10.7 Å². The highest BCUT2D eigenvalue weighted by Gasteiger charge is 2.12. The fourth-order valence-corrected chi connectivity index (χ4v) is 2.63. The van der Waals surface area contributed by atoms with E-state index in [2.05, 4.69) is 30.9 Å². The van der Waals surface area contributed by atoms with Gasteiger partial charge in [0.15, 0.2) is 6.29 Å². The van der Waals surface area contributed by atoms with Gasteiger partial charge in [0.05, 0.1) is 10.0 Å². The van der Waals surface area contributed by atoms with Crippen LogP contribution >= 0.6 is 39.3 Å². The molecule has 2 rings (SSSR count). The highest BCUT2D eigenvalue weighted by atomic mass is 79.9. The summed E-state index contributed by atoms with van der Waals surface area (Å²) in [6, 6.07) is 3.67. The Morgan fingerprint density at radius 1 is 1.29 bits per heavy atom. The van der Waals surface area contributed by atoms with Gasteiger partial charge in [-0.1, -0.05) is 11.6 Å². The smallest absolute Gasteiger partial charge is 0.155 e. The molecule has 0 N–H and O–H groups in total. The van der Waals surface area contributed by atoms with Gasteiger partial charge in [-0.2, -0.15) is 0 Å². The number of halogens is 2. The number of hydrogen-bond acceptors (Lipinski definition) is 5. The number of carbonyl (C=O) groups excluding carboxylic acids is 1. The van der Waals surface area contributed by atoms with Gasteiger partial charge >= 0.3 is 0 Å². The van der Waals surface area contributed by atoms with Crippen LogP contribution in [0, 0.1) is 0 Å². The van der Waals surface area contributed by atoms with Crippen LogP contribution < -0.4 is 0 Å². The van der Waals surface area contributed by atoms with E-state index in [4.69, 9.17) is 11.6 Å². The molecule has 0 aliphatic carbocycles. The number of hydrogen-bond donors (Lipinski definition) is 0. The molecule has 17 heavy (non-hydrogen) atoms. The van der Waals surface area contributed by atoms with Crippen LogP contribution in [-0.2, 0) is 0 Å². The molecule has 4 nitrogen and oxygen atoms in total. The standard InChI is InChI=1S/C10H5BrClN3OS/c11-7-2-1-3-13-10(7)17-9-6(4-16)8(12)14-5-15-9/h1-5H. The Hall–Kier alpha value is -0.980. The van der Waals surface area contributed by atoms with Crippen molar-refractivity contribution in [1.29, 1.82) is 0 Å². The van der Waals surface area contributed by atoms with Crippen molar-refractivity contribution < 1.29 is 4.79 Å². The Labute approximate surface area is 115 Å². The van der Waals surface area contributed by atoms with E-state index >= 15 is 0 Å². The van der Waals surface area contributed by atoms with Gasteiger partial charge in [0, 0.05) is 6.20 Å². The van der Waals surface area contributed by atoms with Crippen LogP contribution in [0.5, 0.6) is 0 Å².